The van der Waals surface area contributed by atoms with Crippen molar-refractivity contribution in [2.24, 2.45) is 0 Å². The van der Waals surface area contributed by atoms with E-state index in [4.69, 9.17) is 4.74 Å². The third kappa shape index (κ3) is 5.17. The summed E-state index contributed by atoms with van der Waals surface area (Å²) in [7, 11) is 0. The Kier molecular flexibility index (Phi) is 7.14. The van der Waals surface area contributed by atoms with Crippen molar-refractivity contribution in [1.29, 1.82) is 0 Å². The SMILES string of the molecule is Cc1cc(Nc2c(F)c(C)c(F)c(OCCN3CCN(c4cccnc4)CC3)c2F)c2ccccc2n1. The molecule has 1 N–H and O–H groups in total. The molecule has 5 rings (SSSR count). The number of para-hydroxylation sites is 1. The number of anilines is 3. The predicted octanol–water partition coefficient (Wildman–Crippen LogP) is 5.61. The van der Waals surface area contributed by atoms with Gasteiger partial charge < -0.3 is 15.0 Å². The average molecular weight is 508 g/mol. The highest BCUT2D eigenvalue weighted by atomic mass is 19.1. The summed E-state index contributed by atoms with van der Waals surface area (Å²) in [4.78, 5) is 13.0. The molecule has 37 heavy (non-hydrogen) atoms. The molecule has 0 atom stereocenters. The Morgan fingerprint density at radius 3 is 2.49 bits per heavy atom. The largest absolute Gasteiger partial charge is 0.486 e. The van der Waals surface area contributed by atoms with Gasteiger partial charge in [0.15, 0.2) is 23.2 Å². The van der Waals surface area contributed by atoms with Crippen LogP contribution >= 0.6 is 0 Å². The lowest BCUT2D eigenvalue weighted by Gasteiger charge is -2.35. The molecule has 0 amide bonds. The first-order valence-electron chi connectivity index (χ1n) is 12.2. The van der Waals surface area contributed by atoms with Crippen molar-refractivity contribution in [3.05, 3.63) is 83.6 Å². The van der Waals surface area contributed by atoms with Gasteiger partial charge in [-0.2, -0.15) is 0 Å². The molecule has 1 aliphatic heterocycles. The Balaban J connectivity index is 1.29. The third-order valence-corrected chi connectivity index (χ3v) is 6.64. The lowest BCUT2D eigenvalue weighted by Crippen LogP contribution is -2.47. The molecule has 6 nitrogen and oxygen atoms in total. The van der Waals surface area contributed by atoms with E-state index in [1.54, 1.807) is 19.2 Å². The van der Waals surface area contributed by atoms with E-state index in [9.17, 15) is 4.39 Å². The molecule has 0 radical (unpaired) electrons. The summed E-state index contributed by atoms with van der Waals surface area (Å²) < 4.78 is 51.0. The van der Waals surface area contributed by atoms with Crippen LogP contribution < -0.4 is 15.0 Å². The molecule has 2 aromatic heterocycles. The summed E-state index contributed by atoms with van der Waals surface area (Å²) in [5, 5.41) is 3.53. The molecular weight excluding hydrogens is 479 g/mol. The van der Waals surface area contributed by atoms with E-state index in [1.807, 2.05) is 42.6 Å². The molecule has 0 spiro atoms. The molecule has 2 aromatic carbocycles. The van der Waals surface area contributed by atoms with E-state index in [0.717, 1.165) is 31.9 Å². The van der Waals surface area contributed by atoms with E-state index in [1.165, 1.54) is 6.92 Å². The Morgan fingerprint density at radius 1 is 0.946 bits per heavy atom. The maximum Gasteiger partial charge on any atom is 0.194 e. The van der Waals surface area contributed by atoms with Crippen LogP contribution in [-0.4, -0.2) is 54.2 Å². The number of hydrogen-bond donors (Lipinski definition) is 1. The second-order valence-electron chi connectivity index (χ2n) is 9.11. The Morgan fingerprint density at radius 2 is 1.73 bits per heavy atom. The van der Waals surface area contributed by atoms with Crippen LogP contribution in [0.4, 0.5) is 30.2 Å². The van der Waals surface area contributed by atoms with Crippen LogP contribution in [0.5, 0.6) is 5.75 Å². The zero-order chi connectivity index (χ0) is 25.9. The first-order valence-corrected chi connectivity index (χ1v) is 12.2. The second kappa shape index (κ2) is 10.6. The number of nitrogens with zero attached hydrogens (tertiary/aromatic N) is 4. The summed E-state index contributed by atoms with van der Waals surface area (Å²) >= 11 is 0. The molecule has 0 bridgehead atoms. The third-order valence-electron chi connectivity index (χ3n) is 6.64. The minimum atomic E-state index is -1.10. The first-order chi connectivity index (χ1) is 17.9. The Hall–Kier alpha value is -3.85. The molecule has 4 aromatic rings. The number of hydrogen-bond acceptors (Lipinski definition) is 6. The number of nitrogens with one attached hydrogen (secondary N) is 1. The molecule has 192 valence electrons. The summed E-state index contributed by atoms with van der Waals surface area (Å²) in [6.07, 6.45) is 3.58. The van der Waals surface area contributed by atoms with Gasteiger partial charge in [-0.25, -0.2) is 13.2 Å². The number of aromatic nitrogens is 2. The highest BCUT2D eigenvalue weighted by molar-refractivity contribution is 5.93. The zero-order valence-corrected chi connectivity index (χ0v) is 20.8. The average Bonchev–Trinajstić information content (AvgIpc) is 2.92. The van der Waals surface area contributed by atoms with Gasteiger partial charge in [-0.05, 0) is 38.1 Å². The van der Waals surface area contributed by atoms with Crippen LogP contribution in [0, 0.1) is 31.3 Å². The topological polar surface area (TPSA) is 53.5 Å². The standard InChI is InChI=1S/C28H28F3N5O/c1-18-16-23(21-7-3-4-8-22(21)33-18)34-27-24(29)19(2)25(30)28(26(27)31)37-15-14-35-10-12-36(13-11-35)20-6-5-9-32-17-20/h3-9,16-17H,10-15H2,1-2H3,(H,33,34). The fourth-order valence-corrected chi connectivity index (χ4v) is 4.59. The molecule has 9 heteroatoms. The monoisotopic (exact) mass is 507 g/mol. The minimum absolute atomic E-state index is 0.0720. The smallest absolute Gasteiger partial charge is 0.194 e. The second-order valence-corrected chi connectivity index (χ2v) is 9.11. The lowest BCUT2D eigenvalue weighted by molar-refractivity contribution is 0.192. The first kappa shape index (κ1) is 24.8. The van der Waals surface area contributed by atoms with Crippen LogP contribution in [0.1, 0.15) is 11.3 Å². The highest BCUT2D eigenvalue weighted by Crippen LogP contribution is 2.37. The van der Waals surface area contributed by atoms with Crippen LogP contribution in [0.25, 0.3) is 10.9 Å². The minimum Gasteiger partial charge on any atom is -0.486 e. The number of piperazine rings is 1. The van der Waals surface area contributed by atoms with E-state index in [2.05, 4.69) is 25.1 Å². The van der Waals surface area contributed by atoms with Gasteiger partial charge in [-0.3, -0.25) is 14.9 Å². The van der Waals surface area contributed by atoms with Crippen LogP contribution in [0.2, 0.25) is 0 Å². The van der Waals surface area contributed by atoms with Crippen molar-refractivity contribution in [2.45, 2.75) is 13.8 Å². The fraction of sp³-hybridized carbons (Fsp3) is 0.286. The van der Waals surface area contributed by atoms with Gasteiger partial charge in [0.05, 0.1) is 17.4 Å². The number of fused-ring (bicyclic) bond motifs is 1. The van der Waals surface area contributed by atoms with Crippen molar-refractivity contribution in [3.63, 3.8) is 0 Å². The normalized spacial score (nSPS) is 14.2. The molecule has 1 fully saturated rings. The van der Waals surface area contributed by atoms with E-state index < -0.39 is 28.9 Å². The number of halogens is 3. The van der Waals surface area contributed by atoms with Gasteiger partial charge in [-0.15, -0.1) is 0 Å². The van der Waals surface area contributed by atoms with Gasteiger partial charge in [0.25, 0.3) is 0 Å². The molecule has 1 aliphatic rings. The van der Waals surface area contributed by atoms with Gasteiger partial charge >= 0.3 is 0 Å². The van der Waals surface area contributed by atoms with Crippen molar-refractivity contribution in [2.75, 3.05) is 49.5 Å². The number of pyridine rings is 2. The predicted molar refractivity (Wildman–Crippen MR) is 139 cm³/mol. The Bertz CT molecular complexity index is 1410. The molecule has 0 unspecified atom stereocenters. The van der Waals surface area contributed by atoms with Crippen molar-refractivity contribution >= 4 is 28.0 Å². The Labute approximate surface area is 213 Å². The highest BCUT2D eigenvalue weighted by Gasteiger charge is 2.25. The number of ether oxygens (including phenoxy) is 1. The van der Waals surface area contributed by atoms with Crippen LogP contribution in [-0.2, 0) is 0 Å². The summed E-state index contributed by atoms with van der Waals surface area (Å²) in [6, 6.07) is 12.9. The lowest BCUT2D eigenvalue weighted by atomic mass is 10.1. The molecule has 0 aliphatic carbocycles. The maximum absolute atomic E-state index is 15.5. The van der Waals surface area contributed by atoms with Gasteiger partial charge in [0, 0.05) is 61.3 Å². The van der Waals surface area contributed by atoms with Crippen molar-refractivity contribution < 1.29 is 17.9 Å². The molecule has 1 saturated heterocycles. The van der Waals surface area contributed by atoms with E-state index in [-0.39, 0.29) is 12.2 Å². The van der Waals surface area contributed by atoms with Crippen molar-refractivity contribution in [1.82, 2.24) is 14.9 Å². The van der Waals surface area contributed by atoms with E-state index in [0.29, 0.717) is 28.8 Å². The molecular formula is C28H28F3N5O. The number of benzene rings is 2. The van der Waals surface area contributed by atoms with Crippen LogP contribution in [0.3, 0.4) is 0 Å². The van der Waals surface area contributed by atoms with E-state index >= 15 is 8.78 Å². The number of aryl methyl sites for hydroxylation is 1. The quantitative estimate of drug-likeness (QED) is 0.351. The number of rotatable bonds is 7. The van der Waals surface area contributed by atoms with Crippen molar-refractivity contribution in [3.8, 4) is 5.75 Å². The molecule has 3 heterocycles. The summed E-state index contributed by atoms with van der Waals surface area (Å²) in [5.74, 6) is -3.70. The van der Waals surface area contributed by atoms with Crippen LogP contribution in [0.15, 0.2) is 54.9 Å². The van der Waals surface area contributed by atoms with Gasteiger partial charge in [0.2, 0.25) is 0 Å². The zero-order valence-electron chi connectivity index (χ0n) is 20.8. The van der Waals surface area contributed by atoms with Gasteiger partial charge in [0.1, 0.15) is 12.3 Å². The fourth-order valence-electron chi connectivity index (χ4n) is 4.59. The summed E-state index contributed by atoms with van der Waals surface area (Å²) in [5.41, 5.74) is 2.16. The van der Waals surface area contributed by atoms with Gasteiger partial charge in [-0.1, -0.05) is 18.2 Å². The summed E-state index contributed by atoms with van der Waals surface area (Å²) in [6.45, 7) is 6.84. The maximum atomic E-state index is 15.5. The molecule has 0 saturated carbocycles.